The van der Waals surface area contributed by atoms with E-state index in [0.717, 1.165) is 49.3 Å². The Morgan fingerprint density at radius 1 is 1.03 bits per heavy atom. The van der Waals surface area contributed by atoms with Gasteiger partial charge in [0, 0.05) is 48.8 Å². The Labute approximate surface area is 189 Å². The lowest BCUT2D eigenvalue weighted by molar-refractivity contribution is -0.103. The van der Waals surface area contributed by atoms with Crippen molar-refractivity contribution in [3.63, 3.8) is 0 Å². The molecule has 0 aliphatic carbocycles. The van der Waals surface area contributed by atoms with Crippen LogP contribution in [0.3, 0.4) is 0 Å². The van der Waals surface area contributed by atoms with Crippen molar-refractivity contribution in [2.75, 3.05) is 32.0 Å². The number of allylic oxidation sites excluding steroid dienone is 1. The number of carbonyl (C=O) groups excluding carboxylic acids is 1. The SMILES string of the molecule is CC.CCNCCN(C)/C=C(\C=O)c1ccccc1Nc1ccc(C(C)(C)CC)cc1. The van der Waals surface area contributed by atoms with Gasteiger partial charge in [0.25, 0.3) is 0 Å². The van der Waals surface area contributed by atoms with Crippen LogP contribution in [0.25, 0.3) is 5.57 Å². The standard InChI is InChI=1S/C25H35N3O.C2H6/c1-6-25(3,4)21-12-14-22(15-13-21)27-24-11-9-8-10-23(24)20(19-29)18-28(5)17-16-26-7-2;1-2/h8-15,18-19,26-27H,6-7,16-17H2,1-5H3;1-2H3/b20-18+;. The average Bonchev–Trinajstić information content (AvgIpc) is 2.80. The van der Waals surface area contributed by atoms with Crippen LogP contribution in [0.5, 0.6) is 0 Å². The number of nitrogens with one attached hydrogen (secondary N) is 2. The van der Waals surface area contributed by atoms with Crippen LogP contribution in [0.4, 0.5) is 11.4 Å². The maximum absolute atomic E-state index is 11.8. The molecule has 2 aromatic rings. The second kappa shape index (κ2) is 13.7. The van der Waals surface area contributed by atoms with E-state index in [9.17, 15) is 4.79 Å². The summed E-state index contributed by atoms with van der Waals surface area (Å²) in [6.07, 6.45) is 3.94. The van der Waals surface area contributed by atoms with Crippen LogP contribution >= 0.6 is 0 Å². The van der Waals surface area contributed by atoms with Gasteiger partial charge in [-0.2, -0.15) is 0 Å². The van der Waals surface area contributed by atoms with Gasteiger partial charge in [-0.25, -0.2) is 0 Å². The molecule has 0 unspecified atom stereocenters. The van der Waals surface area contributed by atoms with Crippen molar-refractivity contribution in [2.24, 2.45) is 0 Å². The highest BCUT2D eigenvalue weighted by molar-refractivity contribution is 6.09. The summed E-state index contributed by atoms with van der Waals surface area (Å²) in [6, 6.07) is 16.5. The fraction of sp³-hybridized carbons (Fsp3) is 0.444. The van der Waals surface area contributed by atoms with Gasteiger partial charge < -0.3 is 15.5 Å². The number of nitrogens with zero attached hydrogens (tertiary/aromatic N) is 1. The molecule has 2 aromatic carbocycles. The van der Waals surface area contributed by atoms with Gasteiger partial charge in [-0.05, 0) is 42.1 Å². The summed E-state index contributed by atoms with van der Waals surface area (Å²) in [5, 5.41) is 6.78. The molecule has 0 radical (unpaired) electrons. The first kappa shape index (κ1) is 26.4. The maximum atomic E-state index is 11.8. The van der Waals surface area contributed by atoms with Crippen molar-refractivity contribution in [3.8, 4) is 0 Å². The zero-order chi connectivity index (χ0) is 23.3. The molecule has 0 saturated heterocycles. The van der Waals surface area contributed by atoms with E-state index in [1.165, 1.54) is 5.56 Å². The number of aldehydes is 1. The first-order chi connectivity index (χ1) is 14.9. The van der Waals surface area contributed by atoms with E-state index in [0.29, 0.717) is 5.57 Å². The van der Waals surface area contributed by atoms with Crippen LogP contribution < -0.4 is 10.6 Å². The van der Waals surface area contributed by atoms with Crippen molar-refractivity contribution in [1.82, 2.24) is 10.2 Å². The third-order valence-electron chi connectivity index (χ3n) is 5.45. The van der Waals surface area contributed by atoms with Gasteiger partial charge in [-0.3, -0.25) is 4.79 Å². The van der Waals surface area contributed by atoms with E-state index in [2.05, 4.69) is 62.6 Å². The van der Waals surface area contributed by atoms with Crippen LogP contribution in [0.1, 0.15) is 59.1 Å². The molecule has 4 nitrogen and oxygen atoms in total. The molecule has 2 N–H and O–H groups in total. The number of hydrogen-bond donors (Lipinski definition) is 2. The molecular formula is C27H41N3O. The number of anilines is 2. The highest BCUT2D eigenvalue weighted by atomic mass is 16.1. The lowest BCUT2D eigenvalue weighted by Gasteiger charge is -2.23. The van der Waals surface area contributed by atoms with Crippen LogP contribution in [0, 0.1) is 0 Å². The highest BCUT2D eigenvalue weighted by Gasteiger charge is 2.17. The average molecular weight is 424 g/mol. The molecule has 0 heterocycles. The number of hydrogen-bond acceptors (Lipinski definition) is 4. The van der Waals surface area contributed by atoms with Crippen LogP contribution in [-0.4, -0.2) is 37.9 Å². The van der Waals surface area contributed by atoms with Crippen LogP contribution in [-0.2, 0) is 10.2 Å². The van der Waals surface area contributed by atoms with Crippen molar-refractivity contribution >= 4 is 23.2 Å². The lowest BCUT2D eigenvalue weighted by Crippen LogP contribution is -2.26. The van der Waals surface area contributed by atoms with Crippen LogP contribution in [0.15, 0.2) is 54.7 Å². The Balaban J connectivity index is 0.00000233. The molecule has 0 saturated carbocycles. The molecule has 170 valence electrons. The number of benzene rings is 2. The summed E-state index contributed by atoms with van der Waals surface area (Å²) in [7, 11) is 1.99. The summed E-state index contributed by atoms with van der Waals surface area (Å²) in [5.41, 5.74) is 5.00. The number of carbonyl (C=O) groups is 1. The molecule has 0 atom stereocenters. The fourth-order valence-electron chi connectivity index (χ4n) is 3.11. The largest absolute Gasteiger partial charge is 0.379 e. The second-order valence-corrected chi connectivity index (χ2v) is 8.02. The minimum Gasteiger partial charge on any atom is -0.379 e. The first-order valence-electron chi connectivity index (χ1n) is 11.5. The topological polar surface area (TPSA) is 44.4 Å². The maximum Gasteiger partial charge on any atom is 0.152 e. The number of para-hydroxylation sites is 1. The van der Waals surface area contributed by atoms with Crippen LogP contribution in [0.2, 0.25) is 0 Å². The quantitative estimate of drug-likeness (QED) is 0.256. The Bertz CT molecular complexity index is 809. The van der Waals surface area contributed by atoms with Crippen molar-refractivity contribution in [3.05, 3.63) is 65.9 Å². The Kier molecular flexibility index (Phi) is 11.7. The van der Waals surface area contributed by atoms with Gasteiger partial charge in [0.05, 0.1) is 0 Å². The molecule has 0 bridgehead atoms. The van der Waals surface area contributed by atoms with E-state index in [-0.39, 0.29) is 5.41 Å². The summed E-state index contributed by atoms with van der Waals surface area (Å²) in [4.78, 5) is 13.9. The Morgan fingerprint density at radius 3 is 2.26 bits per heavy atom. The Morgan fingerprint density at radius 2 is 1.68 bits per heavy atom. The van der Waals surface area contributed by atoms with E-state index in [1.54, 1.807) is 0 Å². The van der Waals surface area contributed by atoms with Crippen molar-refractivity contribution in [2.45, 2.75) is 53.4 Å². The molecular weight excluding hydrogens is 382 g/mol. The van der Waals surface area contributed by atoms with Crippen molar-refractivity contribution < 1.29 is 4.79 Å². The van der Waals surface area contributed by atoms with E-state index < -0.39 is 0 Å². The number of likely N-dealkylation sites (N-methyl/N-ethyl adjacent to an activating group) is 2. The van der Waals surface area contributed by atoms with Gasteiger partial charge in [-0.1, -0.05) is 71.9 Å². The molecule has 0 spiro atoms. The molecule has 2 rings (SSSR count). The molecule has 4 heteroatoms. The Hall–Kier alpha value is -2.59. The first-order valence-corrected chi connectivity index (χ1v) is 11.5. The minimum atomic E-state index is 0.168. The van der Waals surface area contributed by atoms with Gasteiger partial charge in [0.15, 0.2) is 6.29 Å². The number of rotatable bonds is 11. The zero-order valence-electron chi connectivity index (χ0n) is 20.5. The van der Waals surface area contributed by atoms with Gasteiger partial charge in [-0.15, -0.1) is 0 Å². The minimum absolute atomic E-state index is 0.168. The molecule has 0 aliphatic heterocycles. The predicted molar refractivity (Wildman–Crippen MR) is 136 cm³/mol. The van der Waals surface area contributed by atoms with Gasteiger partial charge in [0.1, 0.15) is 0 Å². The zero-order valence-corrected chi connectivity index (χ0v) is 20.5. The monoisotopic (exact) mass is 423 g/mol. The molecule has 0 aliphatic rings. The summed E-state index contributed by atoms with van der Waals surface area (Å²) in [6.45, 7) is 15.5. The predicted octanol–water partition coefficient (Wildman–Crippen LogP) is 6.23. The summed E-state index contributed by atoms with van der Waals surface area (Å²) < 4.78 is 0. The van der Waals surface area contributed by atoms with E-state index in [1.807, 2.05) is 56.3 Å². The molecule has 31 heavy (non-hydrogen) atoms. The molecule has 0 fully saturated rings. The molecule has 0 aromatic heterocycles. The summed E-state index contributed by atoms with van der Waals surface area (Å²) >= 11 is 0. The normalized spacial score (nSPS) is 11.4. The van der Waals surface area contributed by atoms with E-state index in [4.69, 9.17) is 0 Å². The molecule has 0 amide bonds. The van der Waals surface area contributed by atoms with E-state index >= 15 is 0 Å². The third kappa shape index (κ3) is 8.22. The van der Waals surface area contributed by atoms with Gasteiger partial charge >= 0.3 is 0 Å². The summed E-state index contributed by atoms with van der Waals surface area (Å²) in [5.74, 6) is 0. The second-order valence-electron chi connectivity index (χ2n) is 8.02. The third-order valence-corrected chi connectivity index (χ3v) is 5.45. The fourth-order valence-corrected chi connectivity index (χ4v) is 3.11. The van der Waals surface area contributed by atoms with Gasteiger partial charge in [0.2, 0.25) is 0 Å². The van der Waals surface area contributed by atoms with Crippen molar-refractivity contribution in [1.29, 1.82) is 0 Å². The highest BCUT2D eigenvalue weighted by Crippen LogP contribution is 2.30. The lowest BCUT2D eigenvalue weighted by atomic mass is 9.82. The smallest absolute Gasteiger partial charge is 0.152 e.